The number of benzene rings is 2. The Morgan fingerprint density at radius 2 is 1.81 bits per heavy atom. The molecule has 11 heteroatoms. The van der Waals surface area contributed by atoms with Gasteiger partial charge in [0.15, 0.2) is 23.1 Å². The maximum atomic E-state index is 14.1. The minimum atomic E-state index is -4.93. The molecule has 1 heterocycles. The Balaban J connectivity index is 2.04. The molecule has 2 aromatic carbocycles. The molecule has 0 saturated heterocycles. The average Bonchev–Trinajstić information content (AvgIpc) is 3.06. The van der Waals surface area contributed by atoms with Gasteiger partial charge in [0, 0.05) is 18.0 Å². The van der Waals surface area contributed by atoms with E-state index in [0.29, 0.717) is 0 Å². The number of ether oxygens (including phenoxy) is 2. The van der Waals surface area contributed by atoms with E-state index in [-0.39, 0.29) is 40.5 Å². The topological polar surface area (TPSA) is 90.3 Å². The highest BCUT2D eigenvalue weighted by molar-refractivity contribution is 5.96. The minimum absolute atomic E-state index is 0.0217. The van der Waals surface area contributed by atoms with Gasteiger partial charge in [-0.25, -0.2) is 13.6 Å². The SMILES string of the molecule is COC(=O)c1c(N)c(C#N)cn1-c1cccc(Oc2c(F)cc(C(F)(F)F)cc2F)c1. The largest absolute Gasteiger partial charge is 0.464 e. The summed E-state index contributed by atoms with van der Waals surface area (Å²) in [6, 6.07) is 7.44. The van der Waals surface area contributed by atoms with E-state index in [1.807, 2.05) is 6.07 Å². The molecule has 0 aliphatic rings. The smallest absolute Gasteiger partial charge is 0.416 e. The summed E-state index contributed by atoms with van der Waals surface area (Å²) < 4.78 is 77.2. The van der Waals surface area contributed by atoms with Crippen molar-refractivity contribution in [3.63, 3.8) is 0 Å². The number of methoxy groups -OCH3 is 1. The van der Waals surface area contributed by atoms with Crippen LogP contribution in [0.5, 0.6) is 11.5 Å². The molecule has 0 aliphatic carbocycles. The molecule has 1 aromatic heterocycles. The van der Waals surface area contributed by atoms with Crippen molar-refractivity contribution in [2.45, 2.75) is 6.18 Å². The summed E-state index contributed by atoms with van der Waals surface area (Å²) in [6.07, 6.45) is -3.68. The molecule has 160 valence electrons. The Morgan fingerprint density at radius 1 is 1.16 bits per heavy atom. The van der Waals surface area contributed by atoms with Crippen LogP contribution in [0.3, 0.4) is 0 Å². The molecule has 31 heavy (non-hydrogen) atoms. The number of anilines is 1. The molecule has 0 unspecified atom stereocenters. The Kier molecular flexibility index (Phi) is 5.57. The quantitative estimate of drug-likeness (QED) is 0.468. The van der Waals surface area contributed by atoms with Crippen molar-refractivity contribution in [3.05, 3.63) is 71.1 Å². The van der Waals surface area contributed by atoms with Crippen LogP contribution in [-0.2, 0) is 10.9 Å². The van der Waals surface area contributed by atoms with Crippen LogP contribution in [0.25, 0.3) is 5.69 Å². The summed E-state index contributed by atoms with van der Waals surface area (Å²) in [7, 11) is 1.11. The highest BCUT2D eigenvalue weighted by Crippen LogP contribution is 2.36. The monoisotopic (exact) mass is 437 g/mol. The molecule has 0 atom stereocenters. The van der Waals surface area contributed by atoms with Gasteiger partial charge in [-0.3, -0.25) is 0 Å². The first-order chi connectivity index (χ1) is 14.6. The molecule has 3 aromatic rings. The molecule has 2 N–H and O–H groups in total. The van der Waals surface area contributed by atoms with E-state index in [9.17, 15) is 26.7 Å². The number of nitrogens with zero attached hydrogens (tertiary/aromatic N) is 2. The summed E-state index contributed by atoms with van der Waals surface area (Å²) in [5.74, 6) is -5.14. The fourth-order valence-electron chi connectivity index (χ4n) is 2.75. The van der Waals surface area contributed by atoms with Crippen molar-refractivity contribution >= 4 is 11.7 Å². The van der Waals surface area contributed by atoms with Crippen molar-refractivity contribution in [3.8, 4) is 23.3 Å². The second-order valence-electron chi connectivity index (χ2n) is 6.14. The van der Waals surface area contributed by atoms with Crippen molar-refractivity contribution in [2.75, 3.05) is 12.8 Å². The van der Waals surface area contributed by atoms with Gasteiger partial charge in [0.2, 0.25) is 0 Å². The number of hydrogen-bond donors (Lipinski definition) is 1. The molecular weight excluding hydrogens is 425 g/mol. The van der Waals surface area contributed by atoms with Gasteiger partial charge in [-0.1, -0.05) is 6.07 Å². The van der Waals surface area contributed by atoms with Crippen molar-refractivity contribution in [1.29, 1.82) is 5.26 Å². The number of carbonyl (C=O) groups excluding carboxylic acids is 1. The fraction of sp³-hybridized carbons (Fsp3) is 0.100. The fourth-order valence-corrected chi connectivity index (χ4v) is 2.75. The lowest BCUT2D eigenvalue weighted by molar-refractivity contribution is -0.138. The van der Waals surface area contributed by atoms with Crippen LogP contribution in [0.15, 0.2) is 42.6 Å². The van der Waals surface area contributed by atoms with Crippen LogP contribution in [-0.4, -0.2) is 17.6 Å². The van der Waals surface area contributed by atoms with Crippen molar-refractivity contribution in [2.24, 2.45) is 0 Å². The molecule has 0 saturated carbocycles. The molecule has 0 spiro atoms. The number of rotatable bonds is 4. The predicted octanol–water partition coefficient (Wildman–Crippen LogP) is 4.81. The number of nitriles is 1. The number of alkyl halides is 3. The molecule has 0 aliphatic heterocycles. The number of carbonyl (C=O) groups is 1. The van der Waals surface area contributed by atoms with E-state index < -0.39 is 35.1 Å². The standard InChI is InChI=1S/C20H12F5N3O3/c1-30-19(29)17-16(27)10(8-26)9-28(17)12-3-2-4-13(7-12)31-18-14(21)5-11(6-15(18)22)20(23,24)25/h2-7,9H,27H2,1H3. The van der Waals surface area contributed by atoms with E-state index in [1.165, 1.54) is 35.0 Å². The van der Waals surface area contributed by atoms with E-state index >= 15 is 0 Å². The van der Waals surface area contributed by atoms with Gasteiger partial charge < -0.3 is 19.8 Å². The Morgan fingerprint density at radius 3 is 2.35 bits per heavy atom. The van der Waals surface area contributed by atoms with Crippen LogP contribution < -0.4 is 10.5 Å². The molecular formula is C20H12F5N3O3. The van der Waals surface area contributed by atoms with Crippen LogP contribution >= 0.6 is 0 Å². The summed E-state index contributed by atoms with van der Waals surface area (Å²) in [6.45, 7) is 0. The summed E-state index contributed by atoms with van der Waals surface area (Å²) in [4.78, 5) is 12.1. The van der Waals surface area contributed by atoms with Gasteiger partial charge in [0.25, 0.3) is 0 Å². The van der Waals surface area contributed by atoms with E-state index in [2.05, 4.69) is 4.74 Å². The third-order valence-corrected chi connectivity index (χ3v) is 4.18. The molecule has 0 fully saturated rings. The van der Waals surface area contributed by atoms with E-state index in [4.69, 9.17) is 15.7 Å². The molecule has 3 rings (SSSR count). The maximum absolute atomic E-state index is 14.1. The zero-order chi connectivity index (χ0) is 22.9. The maximum Gasteiger partial charge on any atom is 0.416 e. The van der Waals surface area contributed by atoms with Gasteiger partial charge >= 0.3 is 12.1 Å². The lowest BCUT2D eigenvalue weighted by atomic mass is 10.2. The lowest BCUT2D eigenvalue weighted by Gasteiger charge is -2.13. The number of nitrogen functional groups attached to an aromatic ring is 1. The van der Waals surface area contributed by atoms with E-state index in [1.54, 1.807) is 0 Å². The van der Waals surface area contributed by atoms with Crippen molar-refractivity contribution < 1.29 is 36.2 Å². The van der Waals surface area contributed by atoms with Crippen LogP contribution in [0.4, 0.5) is 27.6 Å². The first kappa shape index (κ1) is 21.6. The first-order valence-electron chi connectivity index (χ1n) is 8.40. The lowest BCUT2D eigenvalue weighted by Crippen LogP contribution is -2.11. The summed E-state index contributed by atoms with van der Waals surface area (Å²) in [5, 5.41) is 9.16. The summed E-state index contributed by atoms with van der Waals surface area (Å²) in [5.41, 5.74) is 4.19. The Labute approximate surface area is 171 Å². The zero-order valence-corrected chi connectivity index (χ0v) is 15.6. The van der Waals surface area contributed by atoms with Gasteiger partial charge in [-0.2, -0.15) is 18.4 Å². The second kappa shape index (κ2) is 7.98. The Bertz CT molecular complexity index is 1190. The van der Waals surface area contributed by atoms with Gasteiger partial charge in [-0.15, -0.1) is 0 Å². The van der Waals surface area contributed by atoms with Gasteiger partial charge in [0.1, 0.15) is 11.8 Å². The Hall–Kier alpha value is -4.07. The van der Waals surface area contributed by atoms with Crippen LogP contribution in [0.1, 0.15) is 21.6 Å². The molecule has 0 amide bonds. The number of nitrogens with two attached hydrogens (primary N) is 1. The van der Waals surface area contributed by atoms with E-state index in [0.717, 1.165) is 7.11 Å². The average molecular weight is 437 g/mol. The van der Waals surface area contributed by atoms with Gasteiger partial charge in [-0.05, 0) is 24.3 Å². The first-order valence-corrected chi connectivity index (χ1v) is 8.40. The number of aromatic nitrogens is 1. The second-order valence-corrected chi connectivity index (χ2v) is 6.14. The van der Waals surface area contributed by atoms with Gasteiger partial charge in [0.05, 0.1) is 23.9 Å². The molecule has 0 bridgehead atoms. The minimum Gasteiger partial charge on any atom is -0.464 e. The third-order valence-electron chi connectivity index (χ3n) is 4.18. The molecule has 0 radical (unpaired) electrons. The number of hydrogen-bond acceptors (Lipinski definition) is 5. The highest BCUT2D eigenvalue weighted by atomic mass is 19.4. The molecule has 6 nitrogen and oxygen atoms in total. The summed E-state index contributed by atoms with van der Waals surface area (Å²) >= 11 is 0. The third kappa shape index (κ3) is 4.13. The normalized spacial score (nSPS) is 11.1. The highest BCUT2D eigenvalue weighted by Gasteiger charge is 2.33. The van der Waals surface area contributed by atoms with Crippen molar-refractivity contribution in [1.82, 2.24) is 4.57 Å². The number of esters is 1. The van der Waals surface area contributed by atoms with Crippen LogP contribution in [0, 0.1) is 23.0 Å². The predicted molar refractivity (Wildman–Crippen MR) is 97.7 cm³/mol. The number of halogens is 5. The zero-order valence-electron chi connectivity index (χ0n) is 15.6. The van der Waals surface area contributed by atoms with Crippen LogP contribution in [0.2, 0.25) is 0 Å².